The average molecular weight is 729 g/mol. The van der Waals surface area contributed by atoms with Crippen molar-refractivity contribution in [1.82, 2.24) is 0 Å². The van der Waals surface area contributed by atoms with Gasteiger partial charge in [0.15, 0.2) is 0 Å². The molecule has 0 aromatic heterocycles. The Hall–Kier alpha value is -4.35. The zero-order chi connectivity index (χ0) is 37.8. The molecule has 0 heterocycles. The molecule has 0 unspecified atom stereocenters. The van der Waals surface area contributed by atoms with Gasteiger partial charge in [0.25, 0.3) is 0 Å². The summed E-state index contributed by atoms with van der Waals surface area (Å²) in [5.41, 5.74) is 2.10. The number of rotatable bonds is 26. The number of unbranched alkanes of at least 4 members (excludes halogenated alkanes) is 12. The standard InChI is InChI=1S/C45H60O8/c1-3-43(46)51-35-17-13-9-5-7-11-15-33-49-40-26-24-39(25-27-40)38-22-19-37(20-23-38)21-32-45(48)53-42-30-28-41(29-31-42)50-34-16-12-8-6-10-14-18-36-52-44(47)4-2/h3-4,19-20,22-23,28-31,39-40H,1-2,5-18,24-27,33-36H2. The molecule has 3 rings (SSSR count). The minimum Gasteiger partial charge on any atom is -0.494 e. The molecule has 0 N–H and O–H groups in total. The minimum absolute atomic E-state index is 0.339. The van der Waals surface area contributed by atoms with Gasteiger partial charge >= 0.3 is 17.9 Å². The first-order chi connectivity index (χ1) is 26.0. The Labute approximate surface area is 317 Å². The minimum atomic E-state index is -0.598. The highest BCUT2D eigenvalue weighted by Crippen LogP contribution is 2.34. The predicted octanol–water partition coefficient (Wildman–Crippen LogP) is 9.99. The highest BCUT2D eigenvalue weighted by atomic mass is 16.5. The Morgan fingerprint density at radius 2 is 1.06 bits per heavy atom. The van der Waals surface area contributed by atoms with Crippen molar-refractivity contribution in [3.05, 3.63) is 85.0 Å². The second kappa shape index (κ2) is 27.3. The van der Waals surface area contributed by atoms with E-state index in [9.17, 15) is 14.4 Å². The van der Waals surface area contributed by atoms with E-state index in [2.05, 4.69) is 37.1 Å². The first-order valence-corrected chi connectivity index (χ1v) is 19.7. The van der Waals surface area contributed by atoms with Gasteiger partial charge in [0.1, 0.15) is 11.5 Å². The molecule has 0 atom stereocenters. The summed E-state index contributed by atoms with van der Waals surface area (Å²) in [6.07, 6.45) is 22.6. The van der Waals surface area contributed by atoms with Crippen LogP contribution in [-0.2, 0) is 28.6 Å². The van der Waals surface area contributed by atoms with E-state index in [1.807, 2.05) is 12.1 Å². The quantitative estimate of drug-likeness (QED) is 0.0311. The molecule has 53 heavy (non-hydrogen) atoms. The van der Waals surface area contributed by atoms with Gasteiger partial charge in [-0.15, -0.1) is 0 Å². The van der Waals surface area contributed by atoms with E-state index >= 15 is 0 Å². The van der Waals surface area contributed by atoms with Crippen LogP contribution in [-0.4, -0.2) is 50.4 Å². The van der Waals surface area contributed by atoms with Crippen molar-refractivity contribution in [2.45, 2.75) is 128 Å². The molecule has 0 aliphatic heterocycles. The fourth-order valence-corrected chi connectivity index (χ4v) is 6.34. The molecule has 2 aromatic carbocycles. The van der Waals surface area contributed by atoms with E-state index in [4.69, 9.17) is 23.7 Å². The topological polar surface area (TPSA) is 97.4 Å². The summed E-state index contributed by atoms with van der Waals surface area (Å²) in [7, 11) is 0. The highest BCUT2D eigenvalue weighted by Gasteiger charge is 2.22. The summed E-state index contributed by atoms with van der Waals surface area (Å²) in [4.78, 5) is 34.4. The van der Waals surface area contributed by atoms with Crippen LogP contribution < -0.4 is 9.47 Å². The SMILES string of the molecule is C=CC(=O)OCCCCCCCCCOc1ccc(OC(=O)C#Cc2ccc(C3CCC(OCCCCCCCCCOC(=O)C=C)CC3)cc2)cc1. The van der Waals surface area contributed by atoms with Crippen LogP contribution in [0.15, 0.2) is 73.8 Å². The second-order valence-corrected chi connectivity index (χ2v) is 13.6. The van der Waals surface area contributed by atoms with Crippen LogP contribution >= 0.6 is 0 Å². The third kappa shape index (κ3) is 19.9. The Morgan fingerprint density at radius 1 is 0.585 bits per heavy atom. The molecular formula is C45H60O8. The number of ether oxygens (including phenoxy) is 5. The van der Waals surface area contributed by atoms with Gasteiger partial charge in [0.2, 0.25) is 0 Å². The lowest BCUT2D eigenvalue weighted by Gasteiger charge is -2.29. The van der Waals surface area contributed by atoms with Crippen LogP contribution in [0.4, 0.5) is 0 Å². The van der Waals surface area contributed by atoms with Gasteiger partial charge in [-0.1, -0.05) is 95.4 Å². The molecule has 0 amide bonds. The fraction of sp³-hybridized carbons (Fsp3) is 0.533. The molecule has 0 saturated heterocycles. The highest BCUT2D eigenvalue weighted by molar-refractivity contribution is 5.90. The van der Waals surface area contributed by atoms with Gasteiger partial charge in [0.05, 0.1) is 25.9 Å². The zero-order valence-corrected chi connectivity index (χ0v) is 31.7. The lowest BCUT2D eigenvalue weighted by molar-refractivity contribution is -0.138. The molecular weight excluding hydrogens is 668 g/mol. The van der Waals surface area contributed by atoms with Gasteiger partial charge in [0, 0.05) is 30.2 Å². The maximum Gasteiger partial charge on any atom is 0.390 e. The van der Waals surface area contributed by atoms with Crippen molar-refractivity contribution < 1.29 is 38.1 Å². The van der Waals surface area contributed by atoms with Crippen molar-refractivity contribution in [2.75, 3.05) is 26.4 Å². The first kappa shape index (κ1) is 43.1. The molecule has 8 nitrogen and oxygen atoms in total. The van der Waals surface area contributed by atoms with E-state index in [0.29, 0.717) is 37.6 Å². The predicted molar refractivity (Wildman–Crippen MR) is 209 cm³/mol. The lowest BCUT2D eigenvalue weighted by Crippen LogP contribution is -2.21. The van der Waals surface area contributed by atoms with Gasteiger partial charge < -0.3 is 23.7 Å². The van der Waals surface area contributed by atoms with Crippen molar-refractivity contribution in [2.24, 2.45) is 0 Å². The van der Waals surface area contributed by atoms with Crippen LogP contribution in [0.5, 0.6) is 11.5 Å². The molecule has 8 heteroatoms. The molecule has 0 spiro atoms. The number of esters is 3. The van der Waals surface area contributed by atoms with Crippen LogP contribution in [0.3, 0.4) is 0 Å². The summed E-state index contributed by atoms with van der Waals surface area (Å²) in [6, 6.07) is 15.3. The molecule has 1 aliphatic rings. The number of carbonyl (C=O) groups excluding carboxylic acids is 3. The monoisotopic (exact) mass is 728 g/mol. The fourth-order valence-electron chi connectivity index (χ4n) is 6.34. The smallest absolute Gasteiger partial charge is 0.390 e. The largest absolute Gasteiger partial charge is 0.494 e. The van der Waals surface area contributed by atoms with Crippen molar-refractivity contribution in [3.8, 4) is 23.3 Å². The third-order valence-corrected chi connectivity index (χ3v) is 9.42. The summed E-state index contributed by atoms with van der Waals surface area (Å²) < 4.78 is 27.4. The maximum atomic E-state index is 12.4. The second-order valence-electron chi connectivity index (χ2n) is 13.6. The number of hydrogen-bond donors (Lipinski definition) is 0. The number of benzene rings is 2. The van der Waals surface area contributed by atoms with E-state index in [1.165, 1.54) is 43.4 Å². The molecule has 1 aliphatic carbocycles. The van der Waals surface area contributed by atoms with Crippen molar-refractivity contribution in [3.63, 3.8) is 0 Å². The van der Waals surface area contributed by atoms with Crippen LogP contribution in [0.25, 0.3) is 0 Å². The van der Waals surface area contributed by atoms with Gasteiger partial charge in [-0.25, -0.2) is 14.4 Å². The van der Waals surface area contributed by atoms with E-state index in [-0.39, 0.29) is 11.9 Å². The zero-order valence-electron chi connectivity index (χ0n) is 31.7. The maximum absolute atomic E-state index is 12.4. The van der Waals surface area contributed by atoms with Crippen LogP contribution in [0.1, 0.15) is 133 Å². The lowest BCUT2D eigenvalue weighted by atomic mass is 9.82. The normalized spacial score (nSPS) is 15.0. The van der Waals surface area contributed by atoms with Crippen LogP contribution in [0, 0.1) is 11.8 Å². The first-order valence-electron chi connectivity index (χ1n) is 19.7. The van der Waals surface area contributed by atoms with Crippen LogP contribution in [0.2, 0.25) is 0 Å². The Balaban J connectivity index is 1.20. The van der Waals surface area contributed by atoms with Crippen molar-refractivity contribution in [1.29, 1.82) is 0 Å². The Bertz CT molecular complexity index is 1410. The number of hydrogen-bond acceptors (Lipinski definition) is 8. The van der Waals surface area contributed by atoms with E-state index in [0.717, 1.165) is 108 Å². The Morgan fingerprint density at radius 3 is 1.58 bits per heavy atom. The van der Waals surface area contributed by atoms with Crippen molar-refractivity contribution >= 4 is 17.9 Å². The molecule has 2 aromatic rings. The molecule has 1 fully saturated rings. The van der Waals surface area contributed by atoms with Gasteiger partial charge in [-0.2, -0.15) is 0 Å². The molecule has 288 valence electrons. The summed E-state index contributed by atoms with van der Waals surface area (Å²) in [5.74, 6) is 5.93. The summed E-state index contributed by atoms with van der Waals surface area (Å²) in [5, 5.41) is 0. The third-order valence-electron chi connectivity index (χ3n) is 9.42. The Kier molecular flexibility index (Phi) is 22.2. The molecule has 1 saturated carbocycles. The molecule has 0 radical (unpaired) electrons. The van der Waals surface area contributed by atoms with Gasteiger partial charge in [-0.05, 0) is 99.2 Å². The number of carbonyl (C=O) groups is 3. The van der Waals surface area contributed by atoms with E-state index < -0.39 is 5.97 Å². The van der Waals surface area contributed by atoms with E-state index in [1.54, 1.807) is 24.3 Å². The summed E-state index contributed by atoms with van der Waals surface area (Å²) >= 11 is 0. The molecule has 0 bridgehead atoms. The average Bonchev–Trinajstić information content (AvgIpc) is 3.19. The summed E-state index contributed by atoms with van der Waals surface area (Å²) in [6.45, 7) is 9.21. The van der Waals surface area contributed by atoms with Gasteiger partial charge in [-0.3, -0.25) is 0 Å².